The molecule has 0 aliphatic carbocycles. The van der Waals surface area contributed by atoms with Crippen molar-refractivity contribution < 1.29 is 28.6 Å². The average molecular weight is 358 g/mol. The Balaban J connectivity index is 1.76. The number of benzene rings is 2. The molecule has 0 radical (unpaired) electrons. The lowest BCUT2D eigenvalue weighted by atomic mass is 10.1. The van der Waals surface area contributed by atoms with E-state index in [2.05, 4.69) is 5.16 Å². The van der Waals surface area contributed by atoms with Gasteiger partial charge in [0.2, 0.25) is 0 Å². The molecule has 2 aliphatic rings. The molecule has 0 saturated heterocycles. The zero-order valence-electron chi connectivity index (χ0n) is 13.9. The van der Waals surface area contributed by atoms with Crippen LogP contribution in [0.15, 0.2) is 35.5 Å². The first-order valence-corrected chi connectivity index (χ1v) is 7.86. The number of ether oxygens (including phenoxy) is 3. The molecule has 1 amide bonds. The van der Waals surface area contributed by atoms with Crippen LogP contribution in [0.25, 0.3) is 0 Å². The number of amides is 1. The van der Waals surface area contributed by atoms with Crippen molar-refractivity contribution in [3.8, 4) is 11.5 Å². The quantitative estimate of drug-likeness (QED) is 0.673. The smallest absolute Gasteiger partial charge is 0.281 e. The highest BCUT2D eigenvalue weighted by Gasteiger charge is 2.36. The Morgan fingerprint density at radius 1 is 1.35 bits per heavy atom. The van der Waals surface area contributed by atoms with Crippen LogP contribution >= 0.6 is 0 Å². The lowest BCUT2D eigenvalue weighted by molar-refractivity contribution is -0.112. The van der Waals surface area contributed by atoms with Crippen molar-refractivity contribution in [3.63, 3.8) is 0 Å². The first-order valence-electron chi connectivity index (χ1n) is 7.86. The fourth-order valence-electron chi connectivity index (χ4n) is 3.22. The molecule has 2 heterocycles. The predicted molar refractivity (Wildman–Crippen MR) is 89.2 cm³/mol. The van der Waals surface area contributed by atoms with Crippen LogP contribution in [0.5, 0.6) is 11.5 Å². The van der Waals surface area contributed by atoms with E-state index in [1.54, 1.807) is 18.2 Å². The van der Waals surface area contributed by atoms with E-state index in [0.29, 0.717) is 33.9 Å². The summed E-state index contributed by atoms with van der Waals surface area (Å²) < 4.78 is 29.8. The maximum atomic E-state index is 14.0. The third kappa shape index (κ3) is 2.55. The van der Waals surface area contributed by atoms with Gasteiger partial charge in [0.05, 0.1) is 25.9 Å². The number of hydrogen-bond acceptors (Lipinski definition) is 6. The molecule has 0 atom stereocenters. The molecule has 0 saturated carbocycles. The second-order valence-corrected chi connectivity index (χ2v) is 5.89. The lowest BCUT2D eigenvalue weighted by Crippen LogP contribution is -2.30. The summed E-state index contributed by atoms with van der Waals surface area (Å²) in [5.74, 6) is 0.115. The number of halogens is 1. The van der Waals surface area contributed by atoms with Gasteiger partial charge in [0.1, 0.15) is 17.3 Å². The predicted octanol–water partition coefficient (Wildman–Crippen LogP) is 2.43. The van der Waals surface area contributed by atoms with Gasteiger partial charge in [-0.15, -0.1) is 0 Å². The molecule has 0 aromatic heterocycles. The van der Waals surface area contributed by atoms with Gasteiger partial charge >= 0.3 is 0 Å². The number of anilines is 1. The number of carbonyl (C=O) groups excluding carboxylic acids is 1. The summed E-state index contributed by atoms with van der Waals surface area (Å²) >= 11 is 0. The Hall–Kier alpha value is -3.13. The summed E-state index contributed by atoms with van der Waals surface area (Å²) in [6.45, 7) is 0.374. The average Bonchev–Trinajstić information content (AvgIpc) is 2.92. The first kappa shape index (κ1) is 16.3. The molecule has 2 aromatic carbocycles. The van der Waals surface area contributed by atoms with Gasteiger partial charge in [-0.25, -0.2) is 4.39 Å². The molecule has 1 N–H and O–H groups in total. The number of carbonyl (C=O) groups is 1. The van der Waals surface area contributed by atoms with Crippen LogP contribution in [0.2, 0.25) is 0 Å². The van der Waals surface area contributed by atoms with Crippen LogP contribution in [0, 0.1) is 5.82 Å². The van der Waals surface area contributed by atoms with Gasteiger partial charge in [-0.05, 0) is 30.3 Å². The summed E-state index contributed by atoms with van der Waals surface area (Å²) in [6.07, 6.45) is 0. The van der Waals surface area contributed by atoms with Crippen LogP contribution in [-0.2, 0) is 22.7 Å². The van der Waals surface area contributed by atoms with Crippen molar-refractivity contribution in [2.75, 3.05) is 18.8 Å². The van der Waals surface area contributed by atoms with E-state index in [1.165, 1.54) is 24.1 Å². The van der Waals surface area contributed by atoms with Crippen molar-refractivity contribution in [1.29, 1.82) is 0 Å². The van der Waals surface area contributed by atoms with E-state index < -0.39 is 11.7 Å². The number of methoxy groups -OCH3 is 1. The Bertz CT molecular complexity index is 928. The summed E-state index contributed by atoms with van der Waals surface area (Å²) in [5, 5.41) is 12.4. The number of hydrogen-bond donors (Lipinski definition) is 1. The highest BCUT2D eigenvalue weighted by molar-refractivity contribution is 6.54. The van der Waals surface area contributed by atoms with Crippen LogP contribution in [-0.4, -0.2) is 30.7 Å². The standard InChI is InChI=1S/C18H15FN2O5/c1-24-13-2-3-15-14(6-13)16(20-23)18(22)21(15)7-10-4-12(19)5-11-8-25-9-26-17(10)11/h2-6,23H,7-9H2,1H3/b20-16-. The normalized spacial score (nSPS) is 17.1. The largest absolute Gasteiger partial charge is 0.497 e. The Morgan fingerprint density at radius 3 is 2.96 bits per heavy atom. The highest BCUT2D eigenvalue weighted by Crippen LogP contribution is 2.36. The number of fused-ring (bicyclic) bond motifs is 2. The molecular weight excluding hydrogens is 343 g/mol. The van der Waals surface area contributed by atoms with E-state index in [0.717, 1.165) is 0 Å². The van der Waals surface area contributed by atoms with Crippen LogP contribution in [0.1, 0.15) is 16.7 Å². The number of nitrogens with zero attached hydrogens (tertiary/aromatic N) is 2. The third-order valence-corrected chi connectivity index (χ3v) is 4.38. The maximum Gasteiger partial charge on any atom is 0.281 e. The molecule has 2 aliphatic heterocycles. The van der Waals surface area contributed by atoms with E-state index in [-0.39, 0.29) is 25.7 Å². The number of oxime groups is 1. The second kappa shape index (κ2) is 6.30. The molecule has 7 nitrogen and oxygen atoms in total. The molecule has 0 spiro atoms. The minimum absolute atomic E-state index is 0.0662. The van der Waals surface area contributed by atoms with Crippen LogP contribution in [0.4, 0.5) is 10.1 Å². The monoisotopic (exact) mass is 358 g/mol. The van der Waals surface area contributed by atoms with Crippen LogP contribution in [0.3, 0.4) is 0 Å². The summed E-state index contributed by atoms with van der Waals surface area (Å²) in [6, 6.07) is 7.69. The van der Waals surface area contributed by atoms with Crippen molar-refractivity contribution >= 4 is 17.3 Å². The molecule has 0 bridgehead atoms. The van der Waals surface area contributed by atoms with Crippen molar-refractivity contribution in [2.45, 2.75) is 13.2 Å². The SMILES string of the molecule is COc1ccc2c(c1)/C(=N/O)C(=O)N2Cc1cc(F)cc2c1OCOC2. The van der Waals surface area contributed by atoms with Crippen molar-refractivity contribution in [1.82, 2.24) is 0 Å². The Morgan fingerprint density at radius 2 is 2.19 bits per heavy atom. The molecule has 2 aromatic rings. The van der Waals surface area contributed by atoms with Crippen LogP contribution < -0.4 is 14.4 Å². The van der Waals surface area contributed by atoms with Crippen molar-refractivity contribution in [3.05, 3.63) is 52.8 Å². The summed E-state index contributed by atoms with van der Waals surface area (Å²) in [4.78, 5) is 14.1. The van der Waals surface area contributed by atoms with Gasteiger partial charge in [0, 0.05) is 16.7 Å². The minimum Gasteiger partial charge on any atom is -0.497 e. The Kier molecular flexibility index (Phi) is 3.96. The first-order chi connectivity index (χ1) is 12.6. The van der Waals surface area contributed by atoms with Gasteiger partial charge in [-0.1, -0.05) is 5.16 Å². The second-order valence-electron chi connectivity index (χ2n) is 5.89. The van der Waals surface area contributed by atoms with Gasteiger partial charge in [-0.2, -0.15) is 0 Å². The highest BCUT2D eigenvalue weighted by atomic mass is 19.1. The van der Waals surface area contributed by atoms with Gasteiger partial charge in [0.15, 0.2) is 12.5 Å². The van der Waals surface area contributed by atoms with E-state index in [1.807, 2.05) is 0 Å². The topological polar surface area (TPSA) is 80.6 Å². The molecule has 134 valence electrons. The van der Waals surface area contributed by atoms with Gasteiger partial charge in [0.25, 0.3) is 5.91 Å². The minimum atomic E-state index is -0.485. The Labute approximate surface area is 148 Å². The van der Waals surface area contributed by atoms with E-state index >= 15 is 0 Å². The zero-order chi connectivity index (χ0) is 18.3. The molecule has 8 heteroatoms. The summed E-state index contributed by atoms with van der Waals surface area (Å²) in [5.41, 5.74) is 2.01. The van der Waals surface area contributed by atoms with E-state index in [4.69, 9.17) is 14.2 Å². The molecule has 0 unspecified atom stereocenters. The molecule has 4 rings (SSSR count). The molecular formula is C18H15FN2O5. The van der Waals surface area contributed by atoms with Gasteiger partial charge < -0.3 is 24.3 Å². The van der Waals surface area contributed by atoms with Gasteiger partial charge in [-0.3, -0.25) is 4.79 Å². The van der Waals surface area contributed by atoms with Crippen molar-refractivity contribution in [2.24, 2.45) is 5.16 Å². The molecule has 0 fully saturated rings. The van der Waals surface area contributed by atoms with E-state index in [9.17, 15) is 14.4 Å². The summed E-state index contributed by atoms with van der Waals surface area (Å²) in [7, 11) is 1.50. The number of rotatable bonds is 3. The fraction of sp³-hybridized carbons (Fsp3) is 0.222. The zero-order valence-corrected chi connectivity index (χ0v) is 13.9. The lowest BCUT2D eigenvalue weighted by Gasteiger charge is -2.24. The fourth-order valence-corrected chi connectivity index (χ4v) is 3.22. The third-order valence-electron chi connectivity index (χ3n) is 4.38. The maximum absolute atomic E-state index is 14.0. The molecule has 26 heavy (non-hydrogen) atoms.